The normalized spacial score (nSPS) is 12.4. The minimum atomic E-state index is -0.603. The molecule has 0 aliphatic heterocycles. The highest BCUT2D eigenvalue weighted by Gasteiger charge is 2.10. The second kappa shape index (κ2) is 6.06. The van der Waals surface area contributed by atoms with Gasteiger partial charge in [0.15, 0.2) is 0 Å². The van der Waals surface area contributed by atoms with Gasteiger partial charge in [0.2, 0.25) is 0 Å². The van der Waals surface area contributed by atoms with E-state index in [-0.39, 0.29) is 0 Å². The lowest BCUT2D eigenvalue weighted by atomic mass is 10.1. The predicted molar refractivity (Wildman–Crippen MR) is 78.4 cm³/mol. The van der Waals surface area contributed by atoms with Crippen LogP contribution in [0.1, 0.15) is 23.5 Å². The van der Waals surface area contributed by atoms with E-state index in [0.717, 1.165) is 9.35 Å². The number of halogens is 2. The van der Waals surface area contributed by atoms with Crippen LogP contribution < -0.4 is 4.74 Å². The van der Waals surface area contributed by atoms with Crippen LogP contribution in [0.25, 0.3) is 0 Å². The van der Waals surface area contributed by atoms with E-state index in [1.165, 1.54) is 0 Å². The van der Waals surface area contributed by atoms with Crippen LogP contribution in [0.3, 0.4) is 0 Å². The SMILES string of the molecule is C[C@@H](O)c1cc(Cl)ccc1OCc1cc(Br)cs1. The van der Waals surface area contributed by atoms with E-state index in [2.05, 4.69) is 15.9 Å². The molecule has 0 fully saturated rings. The first-order valence-corrected chi connectivity index (χ1v) is 7.44. The van der Waals surface area contributed by atoms with Gasteiger partial charge in [0.05, 0.1) is 6.10 Å². The van der Waals surface area contributed by atoms with E-state index < -0.39 is 6.10 Å². The molecular formula is C13H12BrClO2S. The van der Waals surface area contributed by atoms with Gasteiger partial charge in [-0.15, -0.1) is 11.3 Å². The van der Waals surface area contributed by atoms with E-state index in [0.29, 0.717) is 22.9 Å². The van der Waals surface area contributed by atoms with Gasteiger partial charge < -0.3 is 9.84 Å². The summed E-state index contributed by atoms with van der Waals surface area (Å²) in [5.41, 5.74) is 0.707. The second-order valence-electron chi connectivity index (χ2n) is 3.88. The first-order chi connectivity index (χ1) is 8.56. The van der Waals surface area contributed by atoms with Crippen LogP contribution in [0, 0.1) is 0 Å². The van der Waals surface area contributed by atoms with Crippen molar-refractivity contribution in [2.75, 3.05) is 0 Å². The summed E-state index contributed by atoms with van der Waals surface area (Å²) >= 11 is 10.9. The summed E-state index contributed by atoms with van der Waals surface area (Å²) in [7, 11) is 0. The van der Waals surface area contributed by atoms with Gasteiger partial charge in [-0.2, -0.15) is 0 Å². The molecule has 1 aromatic carbocycles. The monoisotopic (exact) mass is 346 g/mol. The molecule has 18 heavy (non-hydrogen) atoms. The summed E-state index contributed by atoms with van der Waals surface area (Å²) in [6, 6.07) is 7.29. The molecule has 2 nitrogen and oxygen atoms in total. The molecule has 5 heteroatoms. The summed E-state index contributed by atoms with van der Waals surface area (Å²) in [5.74, 6) is 0.666. The van der Waals surface area contributed by atoms with Crippen molar-refractivity contribution in [2.45, 2.75) is 19.6 Å². The number of rotatable bonds is 4. The molecule has 1 aromatic heterocycles. The largest absolute Gasteiger partial charge is 0.488 e. The Morgan fingerprint density at radius 1 is 1.44 bits per heavy atom. The molecule has 0 saturated heterocycles. The first kappa shape index (κ1) is 13.9. The average molecular weight is 348 g/mol. The van der Waals surface area contributed by atoms with Crippen LogP contribution in [-0.2, 0) is 6.61 Å². The van der Waals surface area contributed by atoms with E-state index in [1.54, 1.807) is 36.5 Å². The maximum Gasteiger partial charge on any atom is 0.125 e. The molecule has 0 spiro atoms. The van der Waals surface area contributed by atoms with E-state index in [9.17, 15) is 5.11 Å². The van der Waals surface area contributed by atoms with Crippen molar-refractivity contribution in [3.63, 3.8) is 0 Å². The van der Waals surface area contributed by atoms with Gasteiger partial charge in [-0.3, -0.25) is 0 Å². The lowest BCUT2D eigenvalue weighted by Crippen LogP contribution is -2.00. The van der Waals surface area contributed by atoms with Crippen LogP contribution in [0.5, 0.6) is 5.75 Å². The number of hydrogen-bond acceptors (Lipinski definition) is 3. The molecule has 0 unspecified atom stereocenters. The Bertz CT molecular complexity index is 540. The van der Waals surface area contributed by atoms with Crippen molar-refractivity contribution in [1.82, 2.24) is 0 Å². The fraction of sp³-hybridized carbons (Fsp3) is 0.231. The molecule has 0 saturated carbocycles. The molecule has 1 N–H and O–H groups in total. The highest BCUT2D eigenvalue weighted by atomic mass is 79.9. The van der Waals surface area contributed by atoms with Crippen LogP contribution >= 0.6 is 38.9 Å². The zero-order valence-corrected chi connectivity index (χ0v) is 12.8. The number of aliphatic hydroxyl groups is 1. The molecule has 2 aromatic rings. The molecule has 0 radical (unpaired) electrons. The maximum atomic E-state index is 9.69. The Morgan fingerprint density at radius 2 is 2.22 bits per heavy atom. The zero-order valence-electron chi connectivity index (χ0n) is 9.69. The lowest BCUT2D eigenvalue weighted by molar-refractivity contribution is 0.190. The highest BCUT2D eigenvalue weighted by molar-refractivity contribution is 9.10. The molecule has 1 heterocycles. The fourth-order valence-electron chi connectivity index (χ4n) is 1.56. The topological polar surface area (TPSA) is 29.5 Å². The van der Waals surface area contributed by atoms with Crippen LogP contribution in [0.15, 0.2) is 34.1 Å². The Balaban J connectivity index is 2.13. The first-order valence-electron chi connectivity index (χ1n) is 5.39. The quantitative estimate of drug-likeness (QED) is 0.861. The third-order valence-corrected chi connectivity index (χ3v) is 4.32. The molecule has 1 atom stereocenters. The Kier molecular flexibility index (Phi) is 4.67. The van der Waals surface area contributed by atoms with E-state index in [4.69, 9.17) is 16.3 Å². The van der Waals surface area contributed by atoms with Crippen molar-refractivity contribution in [3.8, 4) is 5.75 Å². The summed E-state index contributed by atoms with van der Waals surface area (Å²) in [6.07, 6.45) is -0.603. The number of hydrogen-bond donors (Lipinski definition) is 1. The molecule has 96 valence electrons. The van der Waals surface area contributed by atoms with Crippen LogP contribution in [-0.4, -0.2) is 5.11 Å². The van der Waals surface area contributed by atoms with Crippen molar-refractivity contribution in [3.05, 3.63) is 49.6 Å². The smallest absolute Gasteiger partial charge is 0.125 e. The highest BCUT2D eigenvalue weighted by Crippen LogP contribution is 2.29. The maximum absolute atomic E-state index is 9.69. The molecule has 0 aliphatic carbocycles. The van der Waals surface area contributed by atoms with Crippen LogP contribution in [0.4, 0.5) is 0 Å². The van der Waals surface area contributed by atoms with Crippen LogP contribution in [0.2, 0.25) is 5.02 Å². The van der Waals surface area contributed by atoms with Gasteiger partial charge >= 0.3 is 0 Å². The summed E-state index contributed by atoms with van der Waals surface area (Å²) in [5, 5.41) is 12.3. The van der Waals surface area contributed by atoms with E-state index >= 15 is 0 Å². The van der Waals surface area contributed by atoms with Crippen molar-refractivity contribution >= 4 is 38.9 Å². The minimum Gasteiger partial charge on any atom is -0.488 e. The molecule has 0 bridgehead atoms. The third-order valence-electron chi connectivity index (χ3n) is 2.41. The average Bonchev–Trinajstić information content (AvgIpc) is 2.73. The van der Waals surface area contributed by atoms with Gasteiger partial charge in [0, 0.05) is 25.3 Å². The fourth-order valence-corrected chi connectivity index (χ4v) is 3.10. The number of benzene rings is 1. The van der Waals surface area contributed by atoms with Gasteiger partial charge in [-0.05, 0) is 47.1 Å². The number of aliphatic hydroxyl groups excluding tert-OH is 1. The Labute approximate surface area is 123 Å². The third kappa shape index (κ3) is 3.48. The van der Waals surface area contributed by atoms with Crippen molar-refractivity contribution in [2.24, 2.45) is 0 Å². The van der Waals surface area contributed by atoms with E-state index in [1.807, 2.05) is 11.4 Å². The molecular weight excluding hydrogens is 336 g/mol. The van der Waals surface area contributed by atoms with Crippen molar-refractivity contribution < 1.29 is 9.84 Å². The molecule has 0 amide bonds. The van der Waals surface area contributed by atoms with Gasteiger partial charge in [-0.1, -0.05) is 11.6 Å². The number of ether oxygens (including phenoxy) is 1. The summed E-state index contributed by atoms with van der Waals surface area (Å²) < 4.78 is 6.78. The lowest BCUT2D eigenvalue weighted by Gasteiger charge is -2.13. The second-order valence-corrected chi connectivity index (χ2v) is 6.23. The zero-order chi connectivity index (χ0) is 13.1. The van der Waals surface area contributed by atoms with Gasteiger partial charge in [0.25, 0.3) is 0 Å². The molecule has 2 rings (SSSR count). The predicted octanol–water partition coefficient (Wildman–Crippen LogP) is 4.80. The van der Waals surface area contributed by atoms with Gasteiger partial charge in [0.1, 0.15) is 12.4 Å². The van der Waals surface area contributed by atoms with Crippen molar-refractivity contribution in [1.29, 1.82) is 0 Å². The van der Waals surface area contributed by atoms with Gasteiger partial charge in [-0.25, -0.2) is 0 Å². The minimum absolute atomic E-state index is 0.484. The summed E-state index contributed by atoms with van der Waals surface area (Å²) in [6.45, 7) is 2.18. The number of thiophene rings is 1. The Morgan fingerprint density at radius 3 is 2.83 bits per heavy atom. The summed E-state index contributed by atoms with van der Waals surface area (Å²) in [4.78, 5) is 1.12. The Hall–Kier alpha value is -0.550. The standard InChI is InChI=1S/C13H12BrClO2S/c1-8(16)12-5-10(15)2-3-13(12)17-6-11-4-9(14)7-18-11/h2-5,7-8,16H,6H2,1H3/t8-/m1/s1. The molecule has 0 aliphatic rings.